The van der Waals surface area contributed by atoms with E-state index in [1.165, 1.54) is 12.1 Å². The Morgan fingerprint density at radius 1 is 1.33 bits per heavy atom. The molecule has 1 atom stereocenters. The van der Waals surface area contributed by atoms with Gasteiger partial charge in [-0.05, 0) is 43.2 Å². The molecule has 0 saturated heterocycles. The minimum Gasteiger partial charge on any atom is -0.376 e. The van der Waals surface area contributed by atoms with Crippen molar-refractivity contribution >= 4 is 17.3 Å². The molecule has 0 aliphatic carbocycles. The van der Waals surface area contributed by atoms with E-state index in [1.807, 2.05) is 26.0 Å². The highest BCUT2D eigenvalue weighted by atomic mass is 35.5. The third kappa shape index (κ3) is 2.79. The molecule has 1 N–H and O–H groups in total. The van der Waals surface area contributed by atoms with E-state index in [2.05, 4.69) is 10.3 Å². The fourth-order valence-corrected chi connectivity index (χ4v) is 2.03. The second kappa shape index (κ2) is 5.36. The van der Waals surface area contributed by atoms with Crippen molar-refractivity contribution in [2.45, 2.75) is 19.9 Å². The molecule has 0 saturated carbocycles. The number of aryl methyl sites for hydroxylation is 1. The standard InChI is InChI=1S/C14H14ClFN2/c1-9-6-7-17-14(15)13(9)18-10(2)11-4-3-5-12(16)8-11/h3-8,10,18H,1-2H3. The third-order valence-corrected chi connectivity index (χ3v) is 3.11. The summed E-state index contributed by atoms with van der Waals surface area (Å²) >= 11 is 6.04. The molecule has 0 amide bonds. The second-order valence-electron chi connectivity index (χ2n) is 4.21. The van der Waals surface area contributed by atoms with Crippen LogP contribution in [0.5, 0.6) is 0 Å². The average molecular weight is 265 g/mol. The molecule has 18 heavy (non-hydrogen) atoms. The van der Waals surface area contributed by atoms with Crippen molar-refractivity contribution in [3.05, 3.63) is 58.6 Å². The van der Waals surface area contributed by atoms with Crippen LogP contribution < -0.4 is 5.32 Å². The Labute approximate surface area is 111 Å². The predicted molar refractivity (Wildman–Crippen MR) is 72.4 cm³/mol. The van der Waals surface area contributed by atoms with Crippen molar-refractivity contribution in [2.75, 3.05) is 5.32 Å². The number of hydrogen-bond donors (Lipinski definition) is 1. The van der Waals surface area contributed by atoms with Gasteiger partial charge in [-0.3, -0.25) is 0 Å². The molecule has 1 heterocycles. The van der Waals surface area contributed by atoms with Crippen LogP contribution in [0.2, 0.25) is 5.15 Å². The molecule has 0 fully saturated rings. The summed E-state index contributed by atoms with van der Waals surface area (Å²) in [5.74, 6) is -0.241. The number of rotatable bonds is 3. The topological polar surface area (TPSA) is 24.9 Å². The summed E-state index contributed by atoms with van der Waals surface area (Å²) in [6.45, 7) is 3.91. The molecule has 2 nitrogen and oxygen atoms in total. The molecule has 2 rings (SSSR count). The monoisotopic (exact) mass is 264 g/mol. The highest BCUT2D eigenvalue weighted by Gasteiger charge is 2.10. The van der Waals surface area contributed by atoms with Crippen LogP contribution >= 0.6 is 11.6 Å². The van der Waals surface area contributed by atoms with Crippen LogP contribution in [0.4, 0.5) is 10.1 Å². The first-order valence-corrected chi connectivity index (χ1v) is 6.09. The maximum absolute atomic E-state index is 13.2. The lowest BCUT2D eigenvalue weighted by molar-refractivity contribution is 0.623. The first kappa shape index (κ1) is 12.8. The zero-order valence-corrected chi connectivity index (χ0v) is 11.0. The van der Waals surface area contributed by atoms with Crippen molar-refractivity contribution in [1.82, 2.24) is 4.98 Å². The number of nitrogens with one attached hydrogen (secondary N) is 1. The van der Waals surface area contributed by atoms with Crippen LogP contribution in [-0.4, -0.2) is 4.98 Å². The number of benzene rings is 1. The van der Waals surface area contributed by atoms with Gasteiger partial charge in [-0.25, -0.2) is 9.37 Å². The zero-order valence-electron chi connectivity index (χ0n) is 10.2. The number of hydrogen-bond acceptors (Lipinski definition) is 2. The minimum absolute atomic E-state index is 0.0406. The quantitative estimate of drug-likeness (QED) is 0.834. The van der Waals surface area contributed by atoms with Gasteiger partial charge in [-0.15, -0.1) is 0 Å². The van der Waals surface area contributed by atoms with Gasteiger partial charge in [0.05, 0.1) is 5.69 Å². The molecule has 4 heteroatoms. The van der Waals surface area contributed by atoms with Crippen molar-refractivity contribution in [1.29, 1.82) is 0 Å². The van der Waals surface area contributed by atoms with Crippen LogP contribution in [-0.2, 0) is 0 Å². The summed E-state index contributed by atoms with van der Waals surface area (Å²) in [5.41, 5.74) is 2.67. The Morgan fingerprint density at radius 3 is 2.78 bits per heavy atom. The van der Waals surface area contributed by atoms with Gasteiger partial charge in [0.2, 0.25) is 0 Å². The highest BCUT2D eigenvalue weighted by Crippen LogP contribution is 2.27. The van der Waals surface area contributed by atoms with Gasteiger partial charge < -0.3 is 5.32 Å². The van der Waals surface area contributed by atoms with Gasteiger partial charge in [0.25, 0.3) is 0 Å². The summed E-state index contributed by atoms with van der Waals surface area (Å²) in [7, 11) is 0. The molecule has 2 aromatic rings. The molecule has 1 aromatic heterocycles. The molecule has 1 unspecified atom stereocenters. The van der Waals surface area contributed by atoms with E-state index in [-0.39, 0.29) is 11.9 Å². The van der Waals surface area contributed by atoms with E-state index in [1.54, 1.807) is 12.3 Å². The molecule has 94 valence electrons. The first-order chi connectivity index (χ1) is 8.58. The Balaban J connectivity index is 2.24. The minimum atomic E-state index is -0.241. The second-order valence-corrected chi connectivity index (χ2v) is 4.57. The van der Waals surface area contributed by atoms with Gasteiger partial charge in [-0.2, -0.15) is 0 Å². The average Bonchev–Trinajstić information content (AvgIpc) is 2.34. The highest BCUT2D eigenvalue weighted by molar-refractivity contribution is 6.32. The van der Waals surface area contributed by atoms with Crippen molar-refractivity contribution in [3.8, 4) is 0 Å². The summed E-state index contributed by atoms with van der Waals surface area (Å²) in [6.07, 6.45) is 1.66. The first-order valence-electron chi connectivity index (χ1n) is 5.71. The predicted octanol–water partition coefficient (Wildman–Crippen LogP) is 4.36. The summed E-state index contributed by atoms with van der Waals surface area (Å²) < 4.78 is 13.2. The molecular formula is C14H14ClFN2. The van der Waals surface area contributed by atoms with Gasteiger partial charge in [0.15, 0.2) is 5.15 Å². The Morgan fingerprint density at radius 2 is 2.11 bits per heavy atom. The molecule has 0 bridgehead atoms. The molecule has 1 aromatic carbocycles. The lowest BCUT2D eigenvalue weighted by Gasteiger charge is -2.18. The van der Waals surface area contributed by atoms with E-state index < -0.39 is 0 Å². The summed E-state index contributed by atoms with van der Waals surface area (Å²) in [5, 5.41) is 3.69. The van der Waals surface area contributed by atoms with Gasteiger partial charge in [0, 0.05) is 12.2 Å². The van der Waals surface area contributed by atoms with E-state index in [4.69, 9.17) is 11.6 Å². The van der Waals surface area contributed by atoms with Crippen molar-refractivity contribution in [3.63, 3.8) is 0 Å². The van der Waals surface area contributed by atoms with Crippen LogP contribution in [0.15, 0.2) is 36.5 Å². The van der Waals surface area contributed by atoms with Crippen LogP contribution in [0.3, 0.4) is 0 Å². The van der Waals surface area contributed by atoms with Crippen LogP contribution in [0.1, 0.15) is 24.1 Å². The van der Waals surface area contributed by atoms with Crippen LogP contribution in [0, 0.1) is 12.7 Å². The van der Waals surface area contributed by atoms with Crippen molar-refractivity contribution < 1.29 is 4.39 Å². The lowest BCUT2D eigenvalue weighted by atomic mass is 10.1. The fourth-order valence-electron chi connectivity index (χ4n) is 1.77. The molecule has 0 aliphatic rings. The third-order valence-electron chi connectivity index (χ3n) is 2.82. The lowest BCUT2D eigenvalue weighted by Crippen LogP contribution is -2.08. The SMILES string of the molecule is Cc1ccnc(Cl)c1NC(C)c1cccc(F)c1. The van der Waals surface area contributed by atoms with E-state index in [9.17, 15) is 4.39 Å². The number of halogens is 2. The smallest absolute Gasteiger partial charge is 0.152 e. The van der Waals surface area contributed by atoms with Crippen LogP contribution in [0.25, 0.3) is 0 Å². The summed E-state index contributed by atoms with van der Waals surface area (Å²) in [6, 6.07) is 8.35. The molecule has 0 radical (unpaired) electrons. The number of nitrogens with zero attached hydrogens (tertiary/aromatic N) is 1. The van der Waals surface area contributed by atoms with Gasteiger partial charge in [0.1, 0.15) is 5.82 Å². The number of pyridine rings is 1. The number of aromatic nitrogens is 1. The Kier molecular flexibility index (Phi) is 3.82. The maximum atomic E-state index is 13.2. The van der Waals surface area contributed by atoms with Gasteiger partial charge >= 0.3 is 0 Å². The van der Waals surface area contributed by atoms with E-state index >= 15 is 0 Å². The van der Waals surface area contributed by atoms with E-state index in [0.717, 1.165) is 16.8 Å². The molecule has 0 aliphatic heterocycles. The molecule has 0 spiro atoms. The largest absolute Gasteiger partial charge is 0.376 e. The number of anilines is 1. The Bertz CT molecular complexity index is 537. The molecular weight excluding hydrogens is 251 g/mol. The van der Waals surface area contributed by atoms with Crippen molar-refractivity contribution in [2.24, 2.45) is 0 Å². The van der Waals surface area contributed by atoms with E-state index in [0.29, 0.717) is 5.15 Å². The normalized spacial score (nSPS) is 12.2. The zero-order chi connectivity index (χ0) is 13.1. The van der Waals surface area contributed by atoms with Gasteiger partial charge in [-0.1, -0.05) is 23.7 Å². The summed E-state index contributed by atoms with van der Waals surface area (Å²) in [4.78, 5) is 4.03. The Hall–Kier alpha value is -1.61. The fraction of sp³-hybridized carbons (Fsp3) is 0.214. The maximum Gasteiger partial charge on any atom is 0.152 e.